The lowest BCUT2D eigenvalue weighted by Gasteiger charge is -2.12. The van der Waals surface area contributed by atoms with Gasteiger partial charge in [0.1, 0.15) is 11.8 Å². The van der Waals surface area contributed by atoms with Crippen LogP contribution in [0.5, 0.6) is 5.75 Å². The fourth-order valence-corrected chi connectivity index (χ4v) is 2.34. The first-order valence-corrected chi connectivity index (χ1v) is 7.14. The topological polar surface area (TPSA) is 83.5 Å². The molecule has 6 nitrogen and oxygen atoms in total. The molecule has 0 amide bonds. The Hall–Kier alpha value is -2.60. The van der Waals surface area contributed by atoms with Gasteiger partial charge in [0.2, 0.25) is 0 Å². The number of aromatic nitrogens is 1. The fraction of sp³-hybridized carbons (Fsp3) is 0.294. The fourth-order valence-electron chi connectivity index (χ4n) is 2.34. The average molecular weight is 316 g/mol. The van der Waals surface area contributed by atoms with Crippen LogP contribution < -0.4 is 16.0 Å². The summed E-state index contributed by atoms with van der Waals surface area (Å²) in [6, 6.07) is 8.35. The van der Waals surface area contributed by atoms with Crippen LogP contribution in [0.15, 0.2) is 41.3 Å². The number of nitrogens with two attached hydrogens (primary N) is 1. The number of pyridine rings is 1. The number of carbonyl (C=O) groups is 1. The molecule has 0 fully saturated rings. The highest BCUT2D eigenvalue weighted by atomic mass is 16.5. The van der Waals surface area contributed by atoms with Crippen LogP contribution in [0.1, 0.15) is 5.56 Å². The molecule has 0 saturated carbocycles. The van der Waals surface area contributed by atoms with Gasteiger partial charge in [-0.2, -0.15) is 0 Å². The number of aryl methyl sites for hydroxylation is 1. The van der Waals surface area contributed by atoms with Gasteiger partial charge in [0.15, 0.2) is 0 Å². The third kappa shape index (κ3) is 3.60. The number of benzene rings is 1. The molecule has 0 aliphatic rings. The summed E-state index contributed by atoms with van der Waals surface area (Å²) in [5.41, 5.74) is 7.75. The maximum atomic E-state index is 12.3. The van der Waals surface area contributed by atoms with Crippen LogP contribution in [0.2, 0.25) is 0 Å². The Morgan fingerprint density at radius 2 is 1.87 bits per heavy atom. The molecule has 2 aromatic rings. The van der Waals surface area contributed by atoms with Crippen LogP contribution in [0.3, 0.4) is 0 Å². The molecule has 0 saturated heterocycles. The van der Waals surface area contributed by atoms with Gasteiger partial charge in [-0.3, -0.25) is 9.59 Å². The summed E-state index contributed by atoms with van der Waals surface area (Å²) < 4.78 is 11.4. The van der Waals surface area contributed by atoms with E-state index in [1.807, 2.05) is 24.3 Å². The summed E-state index contributed by atoms with van der Waals surface area (Å²) in [7, 11) is 4.53. The van der Waals surface area contributed by atoms with Gasteiger partial charge < -0.3 is 19.8 Å². The van der Waals surface area contributed by atoms with Gasteiger partial charge in [0.25, 0.3) is 5.56 Å². The second-order valence-corrected chi connectivity index (χ2v) is 5.21. The normalized spacial score (nSPS) is 11.8. The van der Waals surface area contributed by atoms with Crippen LogP contribution in [-0.2, 0) is 23.0 Å². The second kappa shape index (κ2) is 7.11. The standard InChI is InChI=1S/C17H20N2O4/c1-19-9-8-14(22-2)15(16(19)20)12-6-4-11(5-7-12)10-13(18)17(21)23-3/h4-9,13H,10,18H2,1-3H3/t13-/m0/s1. The summed E-state index contributed by atoms with van der Waals surface area (Å²) >= 11 is 0. The van der Waals surface area contributed by atoms with Gasteiger partial charge in [-0.05, 0) is 23.6 Å². The van der Waals surface area contributed by atoms with Crippen LogP contribution in [0, 0.1) is 0 Å². The van der Waals surface area contributed by atoms with E-state index in [0.717, 1.165) is 11.1 Å². The van der Waals surface area contributed by atoms with Gasteiger partial charge >= 0.3 is 5.97 Å². The maximum absolute atomic E-state index is 12.3. The number of rotatable bonds is 5. The molecule has 122 valence electrons. The summed E-state index contributed by atoms with van der Waals surface area (Å²) in [6.45, 7) is 0. The molecule has 1 heterocycles. The molecule has 0 spiro atoms. The molecule has 1 aromatic heterocycles. The summed E-state index contributed by atoms with van der Waals surface area (Å²) in [5.74, 6) is 0.0692. The Labute approximate surface area is 134 Å². The maximum Gasteiger partial charge on any atom is 0.322 e. The number of hydrogen-bond acceptors (Lipinski definition) is 5. The summed E-state index contributed by atoms with van der Waals surface area (Å²) in [5, 5.41) is 0. The third-order valence-corrected chi connectivity index (χ3v) is 3.65. The molecule has 0 aliphatic carbocycles. The second-order valence-electron chi connectivity index (χ2n) is 5.21. The highest BCUT2D eigenvalue weighted by Gasteiger charge is 2.15. The van der Waals surface area contributed by atoms with Gasteiger partial charge in [-0.1, -0.05) is 24.3 Å². The van der Waals surface area contributed by atoms with Crippen LogP contribution in [0.25, 0.3) is 11.1 Å². The Morgan fingerprint density at radius 3 is 2.43 bits per heavy atom. The van der Waals surface area contributed by atoms with E-state index in [4.69, 9.17) is 10.5 Å². The van der Waals surface area contributed by atoms with Crippen molar-refractivity contribution in [2.75, 3.05) is 14.2 Å². The summed E-state index contributed by atoms with van der Waals surface area (Å²) in [4.78, 5) is 23.7. The average Bonchev–Trinajstić information content (AvgIpc) is 2.57. The highest BCUT2D eigenvalue weighted by Crippen LogP contribution is 2.26. The first-order chi connectivity index (χ1) is 11.0. The number of nitrogens with zero attached hydrogens (tertiary/aromatic N) is 1. The zero-order valence-corrected chi connectivity index (χ0v) is 13.4. The van der Waals surface area contributed by atoms with Gasteiger partial charge in [-0.15, -0.1) is 0 Å². The van der Waals surface area contributed by atoms with E-state index in [1.54, 1.807) is 19.3 Å². The molecule has 2 rings (SSSR count). The molecule has 23 heavy (non-hydrogen) atoms. The molecule has 0 unspecified atom stereocenters. The Bertz CT molecular complexity index is 750. The summed E-state index contributed by atoms with van der Waals surface area (Å²) in [6.07, 6.45) is 2.03. The molecule has 2 N–H and O–H groups in total. The highest BCUT2D eigenvalue weighted by molar-refractivity contribution is 5.76. The lowest BCUT2D eigenvalue weighted by Crippen LogP contribution is -2.33. The zero-order valence-electron chi connectivity index (χ0n) is 13.4. The minimum Gasteiger partial charge on any atom is -0.496 e. The Morgan fingerprint density at radius 1 is 1.22 bits per heavy atom. The largest absolute Gasteiger partial charge is 0.496 e. The molecule has 0 bridgehead atoms. The van der Waals surface area contributed by atoms with Crippen molar-refractivity contribution in [3.05, 3.63) is 52.4 Å². The van der Waals surface area contributed by atoms with Crippen molar-refractivity contribution in [2.45, 2.75) is 12.5 Å². The molecule has 1 atom stereocenters. The van der Waals surface area contributed by atoms with Gasteiger partial charge in [0.05, 0.1) is 19.8 Å². The number of hydrogen-bond donors (Lipinski definition) is 1. The van der Waals surface area contributed by atoms with E-state index >= 15 is 0 Å². The molecule has 1 aromatic carbocycles. The van der Waals surface area contributed by atoms with E-state index in [0.29, 0.717) is 17.7 Å². The van der Waals surface area contributed by atoms with E-state index in [2.05, 4.69) is 4.74 Å². The quantitative estimate of drug-likeness (QED) is 0.835. The van der Waals surface area contributed by atoms with Crippen LogP contribution in [0.4, 0.5) is 0 Å². The zero-order chi connectivity index (χ0) is 17.0. The number of esters is 1. The minimum atomic E-state index is -0.704. The Balaban J connectivity index is 2.32. The molecule has 0 radical (unpaired) electrons. The van der Waals surface area contributed by atoms with Crippen LogP contribution in [-0.4, -0.2) is 30.8 Å². The van der Waals surface area contributed by atoms with Crippen LogP contribution >= 0.6 is 0 Å². The van der Waals surface area contributed by atoms with E-state index in [1.165, 1.54) is 18.8 Å². The van der Waals surface area contributed by atoms with Crippen molar-refractivity contribution in [1.29, 1.82) is 0 Å². The lowest BCUT2D eigenvalue weighted by molar-refractivity contribution is -0.142. The SMILES string of the molecule is COC(=O)[C@@H](N)Cc1ccc(-c2c(OC)ccn(C)c2=O)cc1. The molecule has 6 heteroatoms. The number of methoxy groups -OCH3 is 2. The number of ether oxygens (including phenoxy) is 2. The monoisotopic (exact) mass is 316 g/mol. The van der Waals surface area contributed by atoms with Crippen molar-refractivity contribution < 1.29 is 14.3 Å². The van der Waals surface area contributed by atoms with Crippen molar-refractivity contribution in [3.63, 3.8) is 0 Å². The Kier molecular flexibility index (Phi) is 5.18. The lowest BCUT2D eigenvalue weighted by atomic mass is 10.0. The van der Waals surface area contributed by atoms with Gasteiger partial charge in [0, 0.05) is 13.2 Å². The molecular formula is C17H20N2O4. The van der Waals surface area contributed by atoms with E-state index in [9.17, 15) is 9.59 Å². The van der Waals surface area contributed by atoms with Crippen molar-refractivity contribution in [3.8, 4) is 16.9 Å². The van der Waals surface area contributed by atoms with Crippen molar-refractivity contribution >= 4 is 5.97 Å². The third-order valence-electron chi connectivity index (χ3n) is 3.65. The smallest absolute Gasteiger partial charge is 0.322 e. The van der Waals surface area contributed by atoms with E-state index < -0.39 is 12.0 Å². The van der Waals surface area contributed by atoms with E-state index in [-0.39, 0.29) is 5.56 Å². The minimum absolute atomic E-state index is 0.136. The molecular weight excluding hydrogens is 296 g/mol. The predicted octanol–water partition coefficient (Wildman–Crippen LogP) is 1.10. The first kappa shape index (κ1) is 16.8. The van der Waals surface area contributed by atoms with Crippen molar-refractivity contribution in [1.82, 2.24) is 4.57 Å². The predicted molar refractivity (Wildman–Crippen MR) is 87.4 cm³/mol. The van der Waals surface area contributed by atoms with Gasteiger partial charge in [-0.25, -0.2) is 0 Å². The number of carbonyl (C=O) groups excluding carboxylic acids is 1. The van der Waals surface area contributed by atoms with Crippen molar-refractivity contribution in [2.24, 2.45) is 12.8 Å². The molecule has 0 aliphatic heterocycles. The first-order valence-electron chi connectivity index (χ1n) is 7.14.